The van der Waals surface area contributed by atoms with Crippen molar-refractivity contribution < 1.29 is 9.84 Å². The Bertz CT molecular complexity index is 172. The lowest BCUT2D eigenvalue weighted by molar-refractivity contribution is 0.00661. The summed E-state index contributed by atoms with van der Waals surface area (Å²) in [7, 11) is 0. The molecule has 0 bridgehead atoms. The van der Waals surface area contributed by atoms with E-state index in [1.54, 1.807) is 5.54 Å². The normalized spacial score (nSPS) is 30.5. The highest BCUT2D eigenvalue weighted by Crippen LogP contribution is 2.21. The first kappa shape index (κ1) is 11.0. The van der Waals surface area contributed by atoms with Crippen molar-refractivity contribution in [3.63, 3.8) is 0 Å². The number of aliphatic hydroxyl groups is 1. The number of hydrogen-bond acceptors (Lipinski definition) is 2. The minimum Gasteiger partial charge on any atom is -0.393 e. The summed E-state index contributed by atoms with van der Waals surface area (Å²) in [5.41, 5.74) is 2.60. The summed E-state index contributed by atoms with van der Waals surface area (Å²) < 4.78 is 5.62. The van der Waals surface area contributed by atoms with Gasteiger partial charge in [-0.05, 0) is 38.2 Å². The van der Waals surface area contributed by atoms with Gasteiger partial charge in [-0.1, -0.05) is 11.6 Å². The monoisotopic (exact) mass is 204 g/mol. The average Bonchev–Trinajstić information content (AvgIpc) is 2.16. The van der Waals surface area contributed by atoms with Gasteiger partial charge in [0.25, 0.3) is 0 Å². The molecule has 0 radical (unpaired) electrons. The Kier molecular flexibility index (Phi) is 4.78. The summed E-state index contributed by atoms with van der Waals surface area (Å²) in [5, 5.41) is 9.26. The van der Waals surface area contributed by atoms with Crippen LogP contribution in [0, 0.1) is 0 Å². The maximum Gasteiger partial charge on any atom is 0.0689 e. The van der Waals surface area contributed by atoms with Crippen LogP contribution in [0.2, 0.25) is 0 Å². The molecule has 1 saturated carbocycles. The molecule has 0 amide bonds. The van der Waals surface area contributed by atoms with Crippen molar-refractivity contribution in [2.45, 2.75) is 44.8 Å². The fraction of sp³-hybridized carbons (Fsp3) is 0.800. The molecular weight excluding hydrogens is 188 g/mol. The second-order valence-corrected chi connectivity index (χ2v) is 3.92. The van der Waals surface area contributed by atoms with E-state index >= 15 is 0 Å². The molecule has 0 aromatic carbocycles. The molecule has 1 fully saturated rings. The van der Waals surface area contributed by atoms with Gasteiger partial charge in [-0.25, -0.2) is 0 Å². The summed E-state index contributed by atoms with van der Waals surface area (Å²) in [4.78, 5) is 0. The molecule has 2 nitrogen and oxygen atoms in total. The first-order valence-corrected chi connectivity index (χ1v) is 5.21. The highest BCUT2D eigenvalue weighted by molar-refractivity contribution is 6.25. The van der Waals surface area contributed by atoms with Crippen LogP contribution in [0.3, 0.4) is 0 Å². The van der Waals surface area contributed by atoms with Gasteiger partial charge in [-0.3, -0.25) is 0 Å². The first-order valence-electron chi connectivity index (χ1n) is 4.78. The molecule has 0 unspecified atom stereocenters. The molecular formula is C10H17ClO2. The van der Waals surface area contributed by atoms with Crippen molar-refractivity contribution in [2.75, 3.05) is 6.61 Å². The zero-order chi connectivity index (χ0) is 9.68. The molecule has 0 saturated heterocycles. The molecule has 1 aliphatic carbocycles. The van der Waals surface area contributed by atoms with Crippen molar-refractivity contribution >= 4 is 11.6 Å². The average molecular weight is 205 g/mol. The molecule has 1 aliphatic rings. The van der Waals surface area contributed by atoms with Gasteiger partial charge in [-0.15, -0.1) is 0 Å². The maximum atomic E-state index is 9.26. The highest BCUT2D eigenvalue weighted by Gasteiger charge is 2.19. The van der Waals surface area contributed by atoms with Gasteiger partial charge >= 0.3 is 0 Å². The van der Waals surface area contributed by atoms with Crippen molar-refractivity contribution in [3.05, 3.63) is 11.1 Å². The predicted molar refractivity (Wildman–Crippen MR) is 53.8 cm³/mol. The van der Waals surface area contributed by atoms with E-state index < -0.39 is 0 Å². The van der Waals surface area contributed by atoms with Crippen LogP contribution in [0.15, 0.2) is 11.1 Å². The molecule has 0 heterocycles. The Morgan fingerprint density at radius 2 is 2.08 bits per heavy atom. The second kappa shape index (κ2) is 5.63. The predicted octanol–water partition coefficient (Wildman–Crippen LogP) is 2.45. The van der Waals surface area contributed by atoms with E-state index in [4.69, 9.17) is 16.3 Å². The van der Waals surface area contributed by atoms with Gasteiger partial charge < -0.3 is 9.84 Å². The van der Waals surface area contributed by atoms with Crippen LogP contribution >= 0.6 is 11.6 Å². The van der Waals surface area contributed by atoms with Gasteiger partial charge in [-0.2, -0.15) is 0 Å². The van der Waals surface area contributed by atoms with Gasteiger partial charge in [0, 0.05) is 5.54 Å². The number of rotatable bonds is 3. The smallest absolute Gasteiger partial charge is 0.0689 e. The van der Waals surface area contributed by atoms with E-state index in [1.807, 2.05) is 6.92 Å². The van der Waals surface area contributed by atoms with Gasteiger partial charge in [0.05, 0.1) is 18.8 Å². The summed E-state index contributed by atoms with van der Waals surface area (Å²) in [6, 6.07) is 0. The quantitative estimate of drug-likeness (QED) is 0.766. The Morgan fingerprint density at radius 1 is 1.46 bits per heavy atom. The van der Waals surface area contributed by atoms with Gasteiger partial charge in [0.1, 0.15) is 0 Å². The lowest BCUT2D eigenvalue weighted by Gasteiger charge is -2.25. The van der Waals surface area contributed by atoms with E-state index in [1.165, 1.54) is 0 Å². The summed E-state index contributed by atoms with van der Waals surface area (Å²) in [5.74, 6) is 0. The Morgan fingerprint density at radius 3 is 2.62 bits per heavy atom. The molecule has 0 atom stereocenters. The van der Waals surface area contributed by atoms with Gasteiger partial charge in [0.15, 0.2) is 0 Å². The Balaban J connectivity index is 2.16. The lowest BCUT2D eigenvalue weighted by atomic mass is 9.95. The van der Waals surface area contributed by atoms with Crippen LogP contribution in [0.25, 0.3) is 0 Å². The Labute approximate surface area is 84.5 Å². The van der Waals surface area contributed by atoms with Crippen LogP contribution < -0.4 is 0 Å². The number of aliphatic hydroxyl groups excluding tert-OH is 1. The third-order valence-electron chi connectivity index (χ3n) is 2.38. The highest BCUT2D eigenvalue weighted by atomic mass is 35.5. The van der Waals surface area contributed by atoms with Crippen molar-refractivity contribution in [3.8, 4) is 0 Å². The second-order valence-electron chi connectivity index (χ2n) is 3.70. The molecule has 0 aromatic heterocycles. The van der Waals surface area contributed by atoms with Crippen LogP contribution in [0.5, 0.6) is 0 Å². The van der Waals surface area contributed by atoms with E-state index in [0.717, 1.165) is 31.3 Å². The molecule has 0 aromatic rings. The van der Waals surface area contributed by atoms with Gasteiger partial charge in [0.2, 0.25) is 0 Å². The summed E-state index contributed by atoms with van der Waals surface area (Å²) in [6.45, 7) is 2.56. The van der Waals surface area contributed by atoms with Crippen molar-refractivity contribution in [2.24, 2.45) is 0 Å². The minimum absolute atomic E-state index is 0.107. The third kappa shape index (κ3) is 4.12. The fourth-order valence-corrected chi connectivity index (χ4v) is 1.56. The van der Waals surface area contributed by atoms with Crippen LogP contribution in [0.4, 0.5) is 0 Å². The molecule has 1 rings (SSSR count). The minimum atomic E-state index is -0.107. The summed E-state index contributed by atoms with van der Waals surface area (Å²) >= 11 is 5.51. The molecule has 13 heavy (non-hydrogen) atoms. The Hall–Kier alpha value is -0.0500. The largest absolute Gasteiger partial charge is 0.393 e. The topological polar surface area (TPSA) is 29.5 Å². The third-order valence-corrected chi connectivity index (χ3v) is 2.75. The van der Waals surface area contributed by atoms with Crippen LogP contribution in [0.1, 0.15) is 32.6 Å². The van der Waals surface area contributed by atoms with E-state index in [-0.39, 0.29) is 6.10 Å². The zero-order valence-corrected chi connectivity index (χ0v) is 8.76. The van der Waals surface area contributed by atoms with Crippen molar-refractivity contribution in [1.82, 2.24) is 0 Å². The number of hydrogen-bond donors (Lipinski definition) is 1. The fourth-order valence-electron chi connectivity index (χ4n) is 1.49. The molecule has 3 heteroatoms. The number of halogens is 1. The van der Waals surface area contributed by atoms with Crippen LogP contribution in [-0.4, -0.2) is 23.9 Å². The maximum absolute atomic E-state index is 9.26. The SMILES string of the molecule is CC(=CCl)COC1CCC(O)CC1. The summed E-state index contributed by atoms with van der Waals surface area (Å²) in [6.07, 6.45) is 3.88. The first-order chi connectivity index (χ1) is 6.22. The lowest BCUT2D eigenvalue weighted by Crippen LogP contribution is -2.24. The standard InChI is InChI=1S/C10H17ClO2/c1-8(6-11)7-13-10-4-2-9(12)3-5-10/h6,9-10,12H,2-5,7H2,1H3. The zero-order valence-electron chi connectivity index (χ0n) is 8.00. The van der Waals surface area contributed by atoms with E-state index in [9.17, 15) is 5.11 Å². The van der Waals surface area contributed by atoms with E-state index in [0.29, 0.717) is 12.7 Å². The molecule has 0 spiro atoms. The van der Waals surface area contributed by atoms with Crippen LogP contribution in [-0.2, 0) is 4.74 Å². The van der Waals surface area contributed by atoms with E-state index in [2.05, 4.69) is 0 Å². The molecule has 76 valence electrons. The van der Waals surface area contributed by atoms with Crippen molar-refractivity contribution in [1.29, 1.82) is 0 Å². The molecule has 0 aliphatic heterocycles. The number of ether oxygens (including phenoxy) is 1. The molecule has 1 N–H and O–H groups in total.